The molecule has 0 atom stereocenters. The Hall–Kier alpha value is -1.91. The second-order valence-corrected chi connectivity index (χ2v) is 3.47. The quantitative estimate of drug-likeness (QED) is 0.359. The molecule has 0 heterocycles. The summed E-state index contributed by atoms with van der Waals surface area (Å²) in [6.07, 6.45) is 1.16. The number of nitro benzene ring substituents is 1. The summed E-state index contributed by atoms with van der Waals surface area (Å²) in [5.74, 6) is 0.0884. The van der Waals surface area contributed by atoms with Crippen LogP contribution in [-0.2, 0) is 0 Å². The molecule has 0 aromatic heterocycles. The lowest BCUT2D eigenvalue weighted by atomic mass is 9.99. The number of hydrogen-bond acceptors (Lipinski definition) is 4. The topological polar surface area (TPSA) is 75.7 Å². The van der Waals surface area contributed by atoms with E-state index in [2.05, 4.69) is 5.16 Å². The summed E-state index contributed by atoms with van der Waals surface area (Å²) in [6, 6.07) is 4.76. The second kappa shape index (κ2) is 4.54. The maximum atomic E-state index is 10.8. The molecule has 0 bridgehead atoms. The summed E-state index contributed by atoms with van der Waals surface area (Å²) in [5, 5.41) is 21.9. The van der Waals surface area contributed by atoms with Gasteiger partial charge in [0.25, 0.3) is 5.69 Å². The van der Waals surface area contributed by atoms with Crippen molar-refractivity contribution in [3.8, 4) is 0 Å². The lowest BCUT2D eigenvalue weighted by molar-refractivity contribution is -0.385. The summed E-state index contributed by atoms with van der Waals surface area (Å²) >= 11 is 0. The molecule has 0 fully saturated rings. The van der Waals surface area contributed by atoms with Gasteiger partial charge in [-0.1, -0.05) is 31.1 Å². The van der Waals surface area contributed by atoms with Crippen LogP contribution in [0, 0.1) is 10.1 Å². The third-order valence-electron chi connectivity index (χ3n) is 2.08. The van der Waals surface area contributed by atoms with Gasteiger partial charge in [0.05, 0.1) is 11.1 Å². The van der Waals surface area contributed by atoms with E-state index in [0.29, 0.717) is 11.1 Å². The molecule has 0 amide bonds. The van der Waals surface area contributed by atoms with Crippen LogP contribution in [0.25, 0.3) is 0 Å². The van der Waals surface area contributed by atoms with E-state index >= 15 is 0 Å². The van der Waals surface area contributed by atoms with E-state index in [1.165, 1.54) is 6.07 Å². The van der Waals surface area contributed by atoms with Gasteiger partial charge >= 0.3 is 0 Å². The standard InChI is InChI=1S/C10H12N2O3/c1-7(2)9-4-3-8(6-11-13)5-10(9)12(14)15/h3-7,13H,1-2H3. The van der Waals surface area contributed by atoms with Crippen LogP contribution in [-0.4, -0.2) is 16.3 Å². The van der Waals surface area contributed by atoms with Crippen LogP contribution >= 0.6 is 0 Å². The molecule has 0 spiro atoms. The lowest BCUT2D eigenvalue weighted by Crippen LogP contribution is -1.98. The van der Waals surface area contributed by atoms with Crippen molar-refractivity contribution < 1.29 is 10.1 Å². The van der Waals surface area contributed by atoms with Crippen LogP contribution in [0.1, 0.15) is 30.9 Å². The number of benzene rings is 1. The van der Waals surface area contributed by atoms with Gasteiger partial charge < -0.3 is 5.21 Å². The van der Waals surface area contributed by atoms with Gasteiger partial charge in [-0.05, 0) is 5.92 Å². The number of rotatable bonds is 3. The molecule has 0 aliphatic carbocycles. The molecular formula is C10H12N2O3. The second-order valence-electron chi connectivity index (χ2n) is 3.47. The Labute approximate surface area is 87.2 Å². The van der Waals surface area contributed by atoms with Crippen molar-refractivity contribution in [2.24, 2.45) is 5.16 Å². The SMILES string of the molecule is CC(C)c1ccc(C=NO)cc1[N+](=O)[O-]. The van der Waals surface area contributed by atoms with Crippen molar-refractivity contribution in [1.82, 2.24) is 0 Å². The summed E-state index contributed by atoms with van der Waals surface area (Å²) in [7, 11) is 0. The Morgan fingerprint density at radius 3 is 2.67 bits per heavy atom. The van der Waals surface area contributed by atoms with Crippen LogP contribution in [0.5, 0.6) is 0 Å². The van der Waals surface area contributed by atoms with Crippen molar-refractivity contribution in [2.45, 2.75) is 19.8 Å². The first kappa shape index (κ1) is 11.2. The first-order valence-electron chi connectivity index (χ1n) is 4.52. The van der Waals surface area contributed by atoms with Crippen molar-refractivity contribution in [1.29, 1.82) is 0 Å². The Morgan fingerprint density at radius 1 is 1.53 bits per heavy atom. The fraction of sp³-hybridized carbons (Fsp3) is 0.300. The highest BCUT2D eigenvalue weighted by Gasteiger charge is 2.16. The third kappa shape index (κ3) is 2.52. The molecule has 5 nitrogen and oxygen atoms in total. The van der Waals surface area contributed by atoms with Crippen LogP contribution in [0.2, 0.25) is 0 Å². The van der Waals surface area contributed by atoms with Gasteiger partial charge in [0.1, 0.15) is 0 Å². The minimum absolute atomic E-state index is 0.0578. The largest absolute Gasteiger partial charge is 0.411 e. The maximum absolute atomic E-state index is 10.8. The van der Waals surface area contributed by atoms with Gasteiger partial charge in [-0.2, -0.15) is 0 Å². The predicted molar refractivity (Wildman–Crippen MR) is 56.6 cm³/mol. The molecule has 0 radical (unpaired) electrons. The first-order chi connectivity index (χ1) is 7.06. The Morgan fingerprint density at radius 2 is 2.20 bits per heavy atom. The lowest BCUT2D eigenvalue weighted by Gasteiger charge is -2.06. The highest BCUT2D eigenvalue weighted by Crippen LogP contribution is 2.26. The Kier molecular flexibility index (Phi) is 3.38. The van der Waals surface area contributed by atoms with E-state index in [9.17, 15) is 10.1 Å². The van der Waals surface area contributed by atoms with Gasteiger partial charge in [0.15, 0.2) is 0 Å². The monoisotopic (exact) mass is 208 g/mol. The fourth-order valence-corrected chi connectivity index (χ4v) is 1.35. The zero-order valence-corrected chi connectivity index (χ0v) is 8.54. The molecule has 15 heavy (non-hydrogen) atoms. The highest BCUT2D eigenvalue weighted by atomic mass is 16.6. The van der Waals surface area contributed by atoms with E-state index in [-0.39, 0.29) is 11.6 Å². The van der Waals surface area contributed by atoms with E-state index in [1.54, 1.807) is 12.1 Å². The van der Waals surface area contributed by atoms with Gasteiger partial charge in [-0.15, -0.1) is 0 Å². The van der Waals surface area contributed by atoms with Crippen LogP contribution in [0.15, 0.2) is 23.4 Å². The average Bonchev–Trinajstić information content (AvgIpc) is 2.17. The summed E-state index contributed by atoms with van der Waals surface area (Å²) in [6.45, 7) is 3.78. The van der Waals surface area contributed by atoms with Gasteiger partial charge in [-0.3, -0.25) is 10.1 Å². The zero-order chi connectivity index (χ0) is 11.4. The number of oxime groups is 1. The van der Waals surface area contributed by atoms with E-state index < -0.39 is 4.92 Å². The van der Waals surface area contributed by atoms with Crippen LogP contribution < -0.4 is 0 Å². The molecule has 80 valence electrons. The van der Waals surface area contributed by atoms with Crippen molar-refractivity contribution in [3.05, 3.63) is 39.4 Å². The highest BCUT2D eigenvalue weighted by molar-refractivity contribution is 5.80. The zero-order valence-electron chi connectivity index (χ0n) is 8.54. The van der Waals surface area contributed by atoms with Gasteiger partial charge in [-0.25, -0.2) is 0 Å². The normalized spacial score (nSPS) is 11.1. The van der Waals surface area contributed by atoms with E-state index in [4.69, 9.17) is 5.21 Å². The minimum Gasteiger partial charge on any atom is -0.411 e. The van der Waals surface area contributed by atoms with Crippen molar-refractivity contribution >= 4 is 11.9 Å². The van der Waals surface area contributed by atoms with Crippen LogP contribution in [0.3, 0.4) is 0 Å². The van der Waals surface area contributed by atoms with Crippen molar-refractivity contribution in [2.75, 3.05) is 0 Å². The van der Waals surface area contributed by atoms with Crippen molar-refractivity contribution in [3.63, 3.8) is 0 Å². The predicted octanol–water partition coefficient (Wildman–Crippen LogP) is 2.53. The first-order valence-corrected chi connectivity index (χ1v) is 4.52. The van der Waals surface area contributed by atoms with E-state index in [1.807, 2.05) is 13.8 Å². The summed E-state index contributed by atoms with van der Waals surface area (Å²) < 4.78 is 0. The number of nitro groups is 1. The minimum atomic E-state index is -0.427. The molecule has 1 aromatic carbocycles. The molecule has 1 N–H and O–H groups in total. The maximum Gasteiger partial charge on any atom is 0.273 e. The van der Waals surface area contributed by atoms with Gasteiger partial charge in [0.2, 0.25) is 0 Å². The molecule has 1 aromatic rings. The third-order valence-corrected chi connectivity index (χ3v) is 2.08. The van der Waals surface area contributed by atoms with Gasteiger partial charge in [0, 0.05) is 17.2 Å². The summed E-state index contributed by atoms with van der Waals surface area (Å²) in [4.78, 5) is 10.4. The Bertz CT molecular complexity index is 400. The molecule has 0 aliphatic heterocycles. The fourth-order valence-electron chi connectivity index (χ4n) is 1.35. The molecule has 0 unspecified atom stereocenters. The molecular weight excluding hydrogens is 196 g/mol. The summed E-state index contributed by atoms with van der Waals surface area (Å²) in [5.41, 5.74) is 1.24. The molecule has 1 rings (SSSR count). The van der Waals surface area contributed by atoms with Crippen LogP contribution in [0.4, 0.5) is 5.69 Å². The smallest absolute Gasteiger partial charge is 0.273 e. The number of nitrogens with zero attached hydrogens (tertiary/aromatic N) is 2. The molecule has 5 heteroatoms. The van der Waals surface area contributed by atoms with E-state index in [0.717, 1.165) is 6.21 Å². The Balaban J connectivity index is 3.27. The number of hydrogen-bond donors (Lipinski definition) is 1. The average molecular weight is 208 g/mol. The molecule has 0 saturated carbocycles. The molecule has 0 saturated heterocycles. The molecule has 0 aliphatic rings.